The number of aromatic nitrogens is 4. The van der Waals surface area contributed by atoms with E-state index in [1.807, 2.05) is 5.01 Å². The van der Waals surface area contributed by atoms with Crippen molar-refractivity contribution >= 4 is 11.6 Å². The Kier molecular flexibility index (Phi) is 6.04. The maximum atomic E-state index is 14.4. The normalized spacial score (nSPS) is 13.8. The van der Waals surface area contributed by atoms with Crippen molar-refractivity contribution in [3.8, 4) is 22.5 Å². The zero-order valence-electron chi connectivity index (χ0n) is 19.4. The van der Waals surface area contributed by atoms with Crippen molar-refractivity contribution in [2.75, 3.05) is 43.3 Å². The van der Waals surface area contributed by atoms with Gasteiger partial charge in [0.25, 0.3) is 5.56 Å². The Morgan fingerprint density at radius 1 is 1.00 bits per heavy atom. The molecule has 5 rings (SSSR count). The van der Waals surface area contributed by atoms with Crippen LogP contribution in [-0.2, 0) is 11.8 Å². The predicted octanol–water partition coefficient (Wildman–Crippen LogP) is 3.33. The Morgan fingerprint density at radius 2 is 1.71 bits per heavy atom. The average Bonchev–Trinajstić information content (AvgIpc) is 3.15. The first-order valence-corrected chi connectivity index (χ1v) is 11.2. The van der Waals surface area contributed by atoms with Crippen LogP contribution >= 0.6 is 0 Å². The second kappa shape index (κ2) is 9.30. The van der Waals surface area contributed by atoms with Gasteiger partial charge in [0, 0.05) is 20.3 Å². The molecule has 0 amide bonds. The van der Waals surface area contributed by atoms with Gasteiger partial charge in [-0.2, -0.15) is 4.79 Å². The lowest BCUT2D eigenvalue weighted by molar-refractivity contribution is 0.107. The fraction of sp³-hybridized carbons (Fsp3) is 0.240. The highest BCUT2D eigenvalue weighted by Gasteiger charge is 2.27. The maximum absolute atomic E-state index is 14.4. The van der Waals surface area contributed by atoms with Crippen LogP contribution in [-0.4, -0.2) is 52.8 Å². The van der Waals surface area contributed by atoms with Gasteiger partial charge >= 0.3 is 0 Å². The molecule has 1 saturated heterocycles. The molecule has 1 fully saturated rings. The third-order valence-corrected chi connectivity index (χ3v) is 6.02. The summed E-state index contributed by atoms with van der Waals surface area (Å²) in [5, 5.41) is 2.01. The molecule has 0 spiro atoms. The third-order valence-electron chi connectivity index (χ3n) is 6.02. The number of rotatable bonds is 5. The lowest BCUT2D eigenvalue weighted by Crippen LogP contribution is -2.47. The summed E-state index contributed by atoms with van der Waals surface area (Å²) in [6.45, 7) is 2.18. The van der Waals surface area contributed by atoms with Crippen molar-refractivity contribution in [3.63, 3.8) is 0 Å². The third kappa shape index (κ3) is 4.17. The fourth-order valence-electron chi connectivity index (χ4n) is 4.25. The van der Waals surface area contributed by atoms with Gasteiger partial charge in [0.05, 0.1) is 43.2 Å². The first-order chi connectivity index (χ1) is 17.0. The number of morpholine rings is 1. The molecule has 180 valence electrons. The van der Waals surface area contributed by atoms with Crippen molar-refractivity contribution < 1.29 is 13.5 Å². The summed E-state index contributed by atoms with van der Waals surface area (Å²) in [7, 11) is 3.36. The van der Waals surface area contributed by atoms with Crippen LogP contribution in [0.5, 0.6) is 0 Å². The maximum Gasteiger partial charge on any atom is 0.276 e. The van der Waals surface area contributed by atoms with E-state index >= 15 is 0 Å². The molecule has 8 nitrogen and oxygen atoms in total. The largest absolute Gasteiger partial charge is 0.378 e. The molecule has 0 N–H and O–H groups in total. The molecule has 1 aliphatic heterocycles. The Labute approximate surface area is 200 Å². The molecule has 1 aliphatic rings. The monoisotopic (exact) mass is 478 g/mol. The predicted molar refractivity (Wildman–Crippen MR) is 129 cm³/mol. The second-order valence-corrected chi connectivity index (χ2v) is 8.17. The van der Waals surface area contributed by atoms with Crippen LogP contribution in [0.4, 0.5) is 20.4 Å². The zero-order chi connectivity index (χ0) is 24.5. The lowest BCUT2D eigenvalue weighted by Gasteiger charge is -2.32. The smallest absolute Gasteiger partial charge is 0.276 e. The number of hydrogen-bond acceptors (Lipinski definition) is 6. The highest BCUT2D eigenvalue weighted by atomic mass is 19.1. The number of hydrogen-bond donors (Lipinski definition) is 0. The quantitative estimate of drug-likeness (QED) is 0.439. The van der Waals surface area contributed by atoms with Gasteiger partial charge in [0.15, 0.2) is 0 Å². The van der Waals surface area contributed by atoms with Crippen molar-refractivity contribution in [1.29, 1.82) is 0 Å². The molecule has 0 saturated carbocycles. The molecule has 0 bridgehead atoms. The van der Waals surface area contributed by atoms with E-state index < -0.39 is 11.6 Å². The molecule has 2 aromatic heterocycles. The van der Waals surface area contributed by atoms with E-state index in [0.29, 0.717) is 54.5 Å². The number of ether oxygens (including phenoxy) is 1. The van der Waals surface area contributed by atoms with Crippen LogP contribution in [0.1, 0.15) is 0 Å². The van der Waals surface area contributed by atoms with Gasteiger partial charge in [-0.15, -0.1) is 0 Å². The summed E-state index contributed by atoms with van der Waals surface area (Å²) >= 11 is 0. The van der Waals surface area contributed by atoms with E-state index in [4.69, 9.17) is 9.72 Å². The summed E-state index contributed by atoms with van der Waals surface area (Å²) in [6, 6.07) is 13.9. The Morgan fingerprint density at radius 3 is 2.43 bits per heavy atom. The minimum Gasteiger partial charge on any atom is -0.378 e. The summed E-state index contributed by atoms with van der Waals surface area (Å²) in [5.41, 5.74) is 2.04. The minimum absolute atomic E-state index is 0.249. The van der Waals surface area contributed by atoms with E-state index in [-0.39, 0.29) is 11.5 Å². The van der Waals surface area contributed by atoms with Crippen LogP contribution in [0.3, 0.4) is 0 Å². The molecule has 3 heterocycles. The number of halogens is 2. The van der Waals surface area contributed by atoms with Crippen molar-refractivity contribution in [2.24, 2.45) is 7.05 Å². The van der Waals surface area contributed by atoms with Gasteiger partial charge in [-0.05, 0) is 35.9 Å². The Hall–Kier alpha value is -4.05. The standard InChI is InChI=1S/C25H24F2N6O2/c1-30(21-6-4-3-5-19(21)27)25-28-12-11-20(29-25)23-22(17-7-9-18(26)10-8-17)24(34)31(2)33(23)32-13-15-35-16-14-32/h3-12H,13-16H2,1-2H3. The topological polar surface area (TPSA) is 68.4 Å². The lowest BCUT2D eigenvalue weighted by atomic mass is 10.0. The van der Waals surface area contributed by atoms with Gasteiger partial charge < -0.3 is 9.64 Å². The van der Waals surface area contributed by atoms with Crippen LogP contribution in [0.15, 0.2) is 65.6 Å². The van der Waals surface area contributed by atoms with Crippen LogP contribution in [0, 0.1) is 11.6 Å². The summed E-state index contributed by atoms with van der Waals surface area (Å²) < 4.78 is 35.1. The van der Waals surface area contributed by atoms with Gasteiger partial charge in [-0.1, -0.05) is 24.3 Å². The Balaban J connectivity index is 1.71. The first kappa shape index (κ1) is 22.7. The SMILES string of the molecule is CN(c1nccc(-c2c(-c3ccc(F)cc3)c(=O)n(C)n2N2CCOCC2)n1)c1ccccc1F. The number of anilines is 2. The molecule has 4 aromatic rings. The molecular formula is C25H24F2N6O2. The Bertz CT molecular complexity index is 1410. The summed E-state index contributed by atoms with van der Waals surface area (Å²) in [6.07, 6.45) is 1.57. The van der Waals surface area contributed by atoms with Crippen molar-refractivity contribution in [3.05, 3.63) is 82.8 Å². The molecule has 0 aliphatic carbocycles. The highest BCUT2D eigenvalue weighted by molar-refractivity contribution is 5.80. The number of nitrogens with zero attached hydrogens (tertiary/aromatic N) is 6. The molecule has 0 radical (unpaired) electrons. The second-order valence-electron chi connectivity index (χ2n) is 8.17. The van der Waals surface area contributed by atoms with Crippen molar-refractivity contribution in [1.82, 2.24) is 19.4 Å². The van der Waals surface area contributed by atoms with E-state index in [1.54, 1.807) is 66.4 Å². The molecule has 35 heavy (non-hydrogen) atoms. The van der Waals surface area contributed by atoms with E-state index in [9.17, 15) is 13.6 Å². The molecular weight excluding hydrogens is 454 g/mol. The van der Waals surface area contributed by atoms with E-state index in [0.717, 1.165) is 0 Å². The van der Waals surface area contributed by atoms with E-state index in [2.05, 4.69) is 4.98 Å². The summed E-state index contributed by atoms with van der Waals surface area (Å²) in [5.74, 6) is -0.529. The van der Waals surface area contributed by atoms with E-state index in [1.165, 1.54) is 22.9 Å². The van der Waals surface area contributed by atoms with Crippen LogP contribution in [0.25, 0.3) is 22.5 Å². The number of para-hydroxylation sites is 1. The van der Waals surface area contributed by atoms with Gasteiger partial charge in [0.2, 0.25) is 5.95 Å². The van der Waals surface area contributed by atoms with Crippen molar-refractivity contribution in [2.45, 2.75) is 0 Å². The van der Waals surface area contributed by atoms with Crippen LogP contribution in [0.2, 0.25) is 0 Å². The first-order valence-electron chi connectivity index (χ1n) is 11.2. The van der Waals surface area contributed by atoms with Gasteiger partial charge in [0.1, 0.15) is 17.3 Å². The van der Waals surface area contributed by atoms with Crippen LogP contribution < -0.4 is 15.5 Å². The molecule has 2 aromatic carbocycles. The average molecular weight is 479 g/mol. The summed E-state index contributed by atoms with van der Waals surface area (Å²) in [4.78, 5) is 25.9. The molecule has 10 heteroatoms. The molecule has 0 atom stereocenters. The highest BCUT2D eigenvalue weighted by Crippen LogP contribution is 2.31. The van der Waals surface area contributed by atoms with Gasteiger partial charge in [-0.25, -0.2) is 23.4 Å². The minimum atomic E-state index is -0.402. The zero-order valence-corrected chi connectivity index (χ0v) is 19.4. The fourth-order valence-corrected chi connectivity index (χ4v) is 4.25. The number of benzene rings is 2. The molecule has 0 unspecified atom stereocenters. The van der Waals surface area contributed by atoms with Gasteiger partial charge in [-0.3, -0.25) is 9.80 Å².